The summed E-state index contributed by atoms with van der Waals surface area (Å²) in [5.74, 6) is 0.934. The second-order valence-corrected chi connectivity index (χ2v) is 7.60. The number of ether oxygens (including phenoxy) is 2. The monoisotopic (exact) mass is 422 g/mol. The third kappa shape index (κ3) is 6.20. The fourth-order valence-corrected chi connectivity index (χ4v) is 3.19. The minimum atomic E-state index is -0.691. The van der Waals surface area contributed by atoms with Gasteiger partial charge in [-0.15, -0.1) is 0 Å². The van der Waals surface area contributed by atoms with Crippen LogP contribution in [0.1, 0.15) is 31.1 Å². The van der Waals surface area contributed by atoms with Gasteiger partial charge in [-0.25, -0.2) is 0 Å². The zero-order valence-electron chi connectivity index (χ0n) is 18.2. The first kappa shape index (κ1) is 22.6. The molecule has 164 valence electrons. The molecular weight excluding hydrogens is 392 g/mol. The summed E-state index contributed by atoms with van der Waals surface area (Å²) in [7, 11) is 0. The molecule has 0 radical (unpaired) electrons. The number of fused-ring (bicyclic) bond motifs is 1. The number of rotatable bonds is 10. The number of aliphatic hydroxyl groups excluding tert-OH is 1. The molecule has 3 rings (SSSR count). The maximum absolute atomic E-state index is 13.1. The van der Waals surface area contributed by atoms with Gasteiger partial charge in [-0.05, 0) is 42.6 Å². The van der Waals surface area contributed by atoms with E-state index in [2.05, 4.69) is 10.6 Å². The second kappa shape index (κ2) is 10.8. The average molecular weight is 423 g/mol. The number of benzene rings is 3. The first-order valence-electron chi connectivity index (χ1n) is 10.6. The lowest BCUT2D eigenvalue weighted by molar-refractivity contribution is 0.0978. The van der Waals surface area contributed by atoms with Crippen LogP contribution in [0, 0.1) is 0 Å². The molecule has 3 aromatic carbocycles. The molecule has 1 atom stereocenters. The summed E-state index contributed by atoms with van der Waals surface area (Å²) in [6.45, 7) is 7.03. The SMILES string of the molecule is CCOc1ccc(NC(=O)c2ccc3ccccc3c2OCC(O)CNC(C)C)cc1. The number of carbonyl (C=O) groups is 1. The molecule has 6 heteroatoms. The Labute approximate surface area is 183 Å². The third-order valence-corrected chi connectivity index (χ3v) is 4.73. The van der Waals surface area contributed by atoms with E-state index < -0.39 is 6.10 Å². The standard InChI is InChI=1S/C25H30N2O4/c1-4-30-21-12-10-19(11-13-21)27-25(29)23-14-9-18-7-5-6-8-22(18)24(23)31-16-20(28)15-26-17(2)3/h5-14,17,20,26,28H,4,15-16H2,1-3H3,(H,27,29). The van der Waals surface area contributed by atoms with Crippen LogP contribution in [0.5, 0.6) is 11.5 Å². The second-order valence-electron chi connectivity index (χ2n) is 7.60. The molecule has 0 heterocycles. The molecule has 1 unspecified atom stereocenters. The Morgan fingerprint density at radius 1 is 1.00 bits per heavy atom. The van der Waals surface area contributed by atoms with E-state index in [1.807, 2.05) is 63.2 Å². The zero-order valence-corrected chi connectivity index (χ0v) is 18.2. The van der Waals surface area contributed by atoms with Gasteiger partial charge < -0.3 is 25.2 Å². The largest absolute Gasteiger partial charge is 0.494 e. The Hall–Kier alpha value is -3.09. The highest BCUT2D eigenvalue weighted by molar-refractivity contribution is 6.10. The Kier molecular flexibility index (Phi) is 7.87. The van der Waals surface area contributed by atoms with Crippen LogP contribution in [-0.2, 0) is 0 Å². The highest BCUT2D eigenvalue weighted by Crippen LogP contribution is 2.31. The predicted octanol–water partition coefficient (Wildman–Crippen LogP) is 4.23. The van der Waals surface area contributed by atoms with E-state index in [0.717, 1.165) is 16.5 Å². The van der Waals surface area contributed by atoms with E-state index in [-0.39, 0.29) is 18.6 Å². The van der Waals surface area contributed by atoms with Crippen molar-refractivity contribution in [2.45, 2.75) is 32.9 Å². The predicted molar refractivity (Wildman–Crippen MR) is 124 cm³/mol. The van der Waals surface area contributed by atoms with E-state index in [1.54, 1.807) is 18.2 Å². The smallest absolute Gasteiger partial charge is 0.259 e. The molecule has 31 heavy (non-hydrogen) atoms. The summed E-state index contributed by atoms with van der Waals surface area (Å²) in [6, 6.07) is 18.9. The van der Waals surface area contributed by atoms with Gasteiger partial charge in [-0.2, -0.15) is 0 Å². The fraction of sp³-hybridized carbons (Fsp3) is 0.320. The summed E-state index contributed by atoms with van der Waals surface area (Å²) < 4.78 is 11.4. The van der Waals surface area contributed by atoms with Gasteiger partial charge in [-0.3, -0.25) is 4.79 Å². The minimum absolute atomic E-state index is 0.0804. The van der Waals surface area contributed by atoms with Gasteiger partial charge in [0, 0.05) is 23.7 Å². The van der Waals surface area contributed by atoms with Crippen molar-refractivity contribution in [2.24, 2.45) is 0 Å². The van der Waals surface area contributed by atoms with Crippen LogP contribution < -0.4 is 20.1 Å². The summed E-state index contributed by atoms with van der Waals surface area (Å²) >= 11 is 0. The summed E-state index contributed by atoms with van der Waals surface area (Å²) in [5.41, 5.74) is 1.07. The van der Waals surface area contributed by atoms with Crippen molar-refractivity contribution in [3.63, 3.8) is 0 Å². The van der Waals surface area contributed by atoms with Crippen molar-refractivity contribution in [3.05, 3.63) is 66.2 Å². The number of nitrogens with one attached hydrogen (secondary N) is 2. The fourth-order valence-electron chi connectivity index (χ4n) is 3.19. The molecule has 0 aliphatic heterocycles. The Bertz CT molecular complexity index is 1000. The van der Waals surface area contributed by atoms with Crippen LogP contribution in [-0.4, -0.2) is 42.9 Å². The Morgan fingerprint density at radius 2 is 1.74 bits per heavy atom. The van der Waals surface area contributed by atoms with Gasteiger partial charge in [-0.1, -0.05) is 44.2 Å². The van der Waals surface area contributed by atoms with Crippen molar-refractivity contribution in [1.29, 1.82) is 0 Å². The van der Waals surface area contributed by atoms with E-state index >= 15 is 0 Å². The van der Waals surface area contributed by atoms with Gasteiger partial charge >= 0.3 is 0 Å². The number of anilines is 1. The number of aliphatic hydroxyl groups is 1. The summed E-state index contributed by atoms with van der Waals surface area (Å²) in [6.07, 6.45) is -0.691. The Morgan fingerprint density at radius 3 is 2.45 bits per heavy atom. The number of carbonyl (C=O) groups excluding carboxylic acids is 1. The van der Waals surface area contributed by atoms with Crippen LogP contribution in [0.4, 0.5) is 5.69 Å². The van der Waals surface area contributed by atoms with Gasteiger partial charge in [0.2, 0.25) is 0 Å². The molecule has 0 fully saturated rings. The molecule has 3 N–H and O–H groups in total. The molecule has 3 aromatic rings. The van der Waals surface area contributed by atoms with Crippen molar-refractivity contribution < 1.29 is 19.4 Å². The number of hydrogen-bond donors (Lipinski definition) is 3. The molecule has 0 saturated heterocycles. The lowest BCUT2D eigenvalue weighted by atomic mass is 10.0. The average Bonchev–Trinajstić information content (AvgIpc) is 2.77. The molecule has 0 aliphatic carbocycles. The normalized spacial score (nSPS) is 12.0. The van der Waals surface area contributed by atoms with Crippen molar-refractivity contribution in [1.82, 2.24) is 5.32 Å². The topological polar surface area (TPSA) is 79.8 Å². The van der Waals surface area contributed by atoms with E-state index in [0.29, 0.717) is 30.2 Å². The lowest BCUT2D eigenvalue weighted by Crippen LogP contribution is -2.35. The van der Waals surface area contributed by atoms with Gasteiger partial charge in [0.15, 0.2) is 0 Å². The van der Waals surface area contributed by atoms with E-state index in [4.69, 9.17) is 9.47 Å². The molecular formula is C25H30N2O4. The van der Waals surface area contributed by atoms with E-state index in [1.165, 1.54) is 0 Å². The zero-order chi connectivity index (χ0) is 22.2. The van der Waals surface area contributed by atoms with Crippen LogP contribution in [0.15, 0.2) is 60.7 Å². The van der Waals surface area contributed by atoms with Crippen molar-refractivity contribution in [3.8, 4) is 11.5 Å². The first-order valence-corrected chi connectivity index (χ1v) is 10.6. The number of amides is 1. The summed E-state index contributed by atoms with van der Waals surface area (Å²) in [4.78, 5) is 13.1. The Balaban J connectivity index is 1.81. The highest BCUT2D eigenvalue weighted by Gasteiger charge is 2.18. The highest BCUT2D eigenvalue weighted by atomic mass is 16.5. The molecule has 1 amide bonds. The van der Waals surface area contributed by atoms with Crippen LogP contribution in [0.3, 0.4) is 0 Å². The van der Waals surface area contributed by atoms with Gasteiger partial charge in [0.25, 0.3) is 5.91 Å². The van der Waals surface area contributed by atoms with Crippen LogP contribution in [0.25, 0.3) is 10.8 Å². The molecule has 0 saturated carbocycles. The van der Waals surface area contributed by atoms with Crippen molar-refractivity contribution in [2.75, 3.05) is 25.1 Å². The van der Waals surface area contributed by atoms with Gasteiger partial charge in [0.1, 0.15) is 24.2 Å². The van der Waals surface area contributed by atoms with Gasteiger partial charge in [0.05, 0.1) is 12.2 Å². The molecule has 0 spiro atoms. The van der Waals surface area contributed by atoms with E-state index in [9.17, 15) is 9.90 Å². The third-order valence-electron chi connectivity index (χ3n) is 4.73. The van der Waals surface area contributed by atoms with Crippen molar-refractivity contribution >= 4 is 22.4 Å². The maximum atomic E-state index is 13.1. The van der Waals surface area contributed by atoms with Crippen LogP contribution in [0.2, 0.25) is 0 Å². The minimum Gasteiger partial charge on any atom is -0.494 e. The molecule has 6 nitrogen and oxygen atoms in total. The molecule has 0 aromatic heterocycles. The molecule has 0 bridgehead atoms. The van der Waals surface area contributed by atoms with Crippen LogP contribution >= 0.6 is 0 Å². The maximum Gasteiger partial charge on any atom is 0.259 e. The lowest BCUT2D eigenvalue weighted by Gasteiger charge is -2.18. The quantitative estimate of drug-likeness (QED) is 0.456. The number of hydrogen-bond acceptors (Lipinski definition) is 5. The first-order chi connectivity index (χ1) is 15.0. The summed E-state index contributed by atoms with van der Waals surface area (Å²) in [5, 5.41) is 18.1. The molecule has 0 aliphatic rings.